The van der Waals surface area contributed by atoms with Crippen LogP contribution in [-0.4, -0.2) is 49.9 Å². The van der Waals surface area contributed by atoms with Gasteiger partial charge in [-0.1, -0.05) is 30.0 Å². The lowest BCUT2D eigenvalue weighted by molar-refractivity contribution is 0.415. The van der Waals surface area contributed by atoms with E-state index in [-0.39, 0.29) is 0 Å². The number of aromatic nitrogens is 4. The molecule has 0 N–H and O–H groups in total. The van der Waals surface area contributed by atoms with Gasteiger partial charge in [-0.2, -0.15) is 4.68 Å². The van der Waals surface area contributed by atoms with Gasteiger partial charge in [-0.25, -0.2) is 0 Å². The molecule has 0 saturated heterocycles. The third-order valence-electron chi connectivity index (χ3n) is 3.89. The lowest BCUT2D eigenvalue weighted by atomic mass is 10.2. The number of thioether (sulfide) groups is 2. The second-order valence-corrected chi connectivity index (χ2v) is 7.91. The minimum absolute atomic E-state index is 0.415. The molecular formula is C18H17N5OS2. The van der Waals surface area contributed by atoms with Gasteiger partial charge in [0.1, 0.15) is 5.75 Å². The zero-order chi connectivity index (χ0) is 17.8. The Balaban J connectivity index is 1.37. The summed E-state index contributed by atoms with van der Waals surface area (Å²) < 4.78 is 6.98. The molecule has 1 aliphatic heterocycles. The Morgan fingerprint density at radius 1 is 1.15 bits per heavy atom. The standard InChI is InChI=1S/C18H17N5OS2/c1-24-15-9-7-13(8-10-15)17-19-11-16(26-17)12-25-18-20-21-22-23(18)14-5-3-2-4-6-14/h2-10,16H,11-12H2,1H3. The van der Waals surface area contributed by atoms with E-state index in [1.54, 1.807) is 23.6 Å². The number of nitrogens with zero attached hydrogens (tertiary/aromatic N) is 5. The number of para-hydroxylation sites is 1. The van der Waals surface area contributed by atoms with E-state index in [1.165, 1.54) is 0 Å². The molecule has 1 aromatic heterocycles. The van der Waals surface area contributed by atoms with Crippen molar-refractivity contribution < 1.29 is 4.74 Å². The highest BCUT2D eigenvalue weighted by atomic mass is 32.2. The van der Waals surface area contributed by atoms with Crippen LogP contribution in [0.1, 0.15) is 5.56 Å². The Morgan fingerprint density at radius 2 is 1.96 bits per heavy atom. The molecule has 2 aromatic carbocycles. The van der Waals surface area contributed by atoms with Gasteiger partial charge in [0, 0.05) is 16.6 Å². The van der Waals surface area contributed by atoms with Crippen molar-refractivity contribution in [1.82, 2.24) is 20.2 Å². The predicted octanol–water partition coefficient (Wildman–Crippen LogP) is 3.33. The highest BCUT2D eigenvalue weighted by Crippen LogP contribution is 2.31. The summed E-state index contributed by atoms with van der Waals surface area (Å²) in [6.45, 7) is 0.811. The lowest BCUT2D eigenvalue weighted by Gasteiger charge is -2.08. The Labute approximate surface area is 160 Å². The quantitative estimate of drug-likeness (QED) is 0.609. The van der Waals surface area contributed by atoms with Gasteiger partial charge in [-0.05, 0) is 46.8 Å². The molecule has 2 heterocycles. The number of ether oxygens (including phenoxy) is 1. The first-order chi connectivity index (χ1) is 12.8. The van der Waals surface area contributed by atoms with Crippen molar-refractivity contribution in [1.29, 1.82) is 0 Å². The van der Waals surface area contributed by atoms with Crippen molar-refractivity contribution in [2.24, 2.45) is 4.99 Å². The van der Waals surface area contributed by atoms with Crippen LogP contribution in [0.4, 0.5) is 0 Å². The Kier molecular flexibility index (Phi) is 5.21. The van der Waals surface area contributed by atoms with Crippen LogP contribution in [0, 0.1) is 0 Å². The Bertz CT molecular complexity index is 895. The minimum atomic E-state index is 0.415. The van der Waals surface area contributed by atoms with Gasteiger partial charge < -0.3 is 4.74 Å². The second-order valence-electron chi connectivity index (χ2n) is 5.63. The summed E-state index contributed by atoms with van der Waals surface area (Å²) >= 11 is 3.47. The summed E-state index contributed by atoms with van der Waals surface area (Å²) in [5.41, 5.74) is 2.10. The molecule has 0 saturated carbocycles. The van der Waals surface area contributed by atoms with Crippen molar-refractivity contribution in [2.45, 2.75) is 10.4 Å². The highest BCUT2D eigenvalue weighted by Gasteiger charge is 2.22. The molecule has 0 bridgehead atoms. The van der Waals surface area contributed by atoms with E-state index in [0.29, 0.717) is 5.25 Å². The average molecular weight is 384 g/mol. The van der Waals surface area contributed by atoms with Gasteiger partial charge >= 0.3 is 0 Å². The van der Waals surface area contributed by atoms with Crippen molar-refractivity contribution in [2.75, 3.05) is 19.4 Å². The summed E-state index contributed by atoms with van der Waals surface area (Å²) in [5.74, 6) is 1.76. The van der Waals surface area contributed by atoms with Crippen LogP contribution in [0.5, 0.6) is 5.75 Å². The molecular weight excluding hydrogens is 366 g/mol. The lowest BCUT2D eigenvalue weighted by Crippen LogP contribution is -2.08. The van der Waals surface area contributed by atoms with Gasteiger partial charge in [0.05, 0.1) is 24.4 Å². The summed E-state index contributed by atoms with van der Waals surface area (Å²) in [6, 6.07) is 18.0. The molecule has 4 rings (SSSR count). The number of aliphatic imine (C=N–C) groups is 1. The van der Waals surface area contributed by atoms with Crippen LogP contribution >= 0.6 is 23.5 Å². The molecule has 8 heteroatoms. The van der Waals surface area contributed by atoms with Crippen LogP contribution < -0.4 is 4.74 Å². The normalized spacial score (nSPS) is 16.5. The molecule has 0 spiro atoms. The van der Waals surface area contributed by atoms with Crippen molar-refractivity contribution in [3.05, 3.63) is 60.2 Å². The highest BCUT2D eigenvalue weighted by molar-refractivity contribution is 8.16. The molecule has 0 amide bonds. The van der Waals surface area contributed by atoms with Gasteiger partial charge in [-0.3, -0.25) is 4.99 Å². The second kappa shape index (κ2) is 7.92. The fourth-order valence-electron chi connectivity index (χ4n) is 2.56. The van der Waals surface area contributed by atoms with E-state index in [9.17, 15) is 0 Å². The smallest absolute Gasteiger partial charge is 0.214 e. The fourth-order valence-corrected chi connectivity index (χ4v) is 4.73. The molecule has 6 nitrogen and oxygen atoms in total. The van der Waals surface area contributed by atoms with Crippen LogP contribution in [0.3, 0.4) is 0 Å². The maximum atomic E-state index is 5.21. The largest absolute Gasteiger partial charge is 0.497 e. The van der Waals surface area contributed by atoms with Crippen LogP contribution in [0.2, 0.25) is 0 Å². The maximum Gasteiger partial charge on any atom is 0.214 e. The molecule has 0 fully saturated rings. The van der Waals surface area contributed by atoms with Crippen LogP contribution in [0.25, 0.3) is 5.69 Å². The SMILES string of the molecule is COc1ccc(C2=NCC(CSc3nnnn3-c3ccccc3)S2)cc1. The number of rotatable bonds is 6. The molecule has 0 radical (unpaired) electrons. The van der Waals surface area contributed by atoms with E-state index in [2.05, 4.69) is 27.7 Å². The van der Waals surface area contributed by atoms with E-state index < -0.39 is 0 Å². The Hall–Kier alpha value is -2.32. The minimum Gasteiger partial charge on any atom is -0.497 e. The van der Waals surface area contributed by atoms with Gasteiger partial charge in [0.2, 0.25) is 5.16 Å². The number of tetrazole rings is 1. The predicted molar refractivity (Wildman–Crippen MR) is 106 cm³/mol. The number of benzene rings is 2. The first-order valence-electron chi connectivity index (χ1n) is 8.15. The molecule has 26 heavy (non-hydrogen) atoms. The first kappa shape index (κ1) is 17.1. The Morgan fingerprint density at radius 3 is 2.73 bits per heavy atom. The third-order valence-corrected chi connectivity index (χ3v) is 6.42. The van der Waals surface area contributed by atoms with Crippen LogP contribution in [-0.2, 0) is 0 Å². The van der Waals surface area contributed by atoms with E-state index in [4.69, 9.17) is 9.73 Å². The monoisotopic (exact) mass is 383 g/mol. The molecule has 132 valence electrons. The molecule has 1 aliphatic rings. The van der Waals surface area contributed by atoms with Gasteiger partial charge in [0.25, 0.3) is 0 Å². The topological polar surface area (TPSA) is 65.2 Å². The summed E-state index contributed by atoms with van der Waals surface area (Å²) in [6.07, 6.45) is 0. The average Bonchev–Trinajstić information content (AvgIpc) is 3.36. The molecule has 1 unspecified atom stereocenters. The van der Waals surface area contributed by atoms with Crippen LogP contribution in [0.15, 0.2) is 64.7 Å². The maximum absolute atomic E-state index is 5.21. The summed E-state index contributed by atoms with van der Waals surface area (Å²) in [5, 5.41) is 14.4. The molecule has 3 aromatic rings. The first-order valence-corrected chi connectivity index (χ1v) is 10.0. The zero-order valence-corrected chi connectivity index (χ0v) is 15.8. The number of hydrogen-bond donors (Lipinski definition) is 0. The molecule has 0 aliphatic carbocycles. The van der Waals surface area contributed by atoms with E-state index in [0.717, 1.165) is 39.5 Å². The summed E-state index contributed by atoms with van der Waals surface area (Å²) in [4.78, 5) is 4.69. The van der Waals surface area contributed by atoms with Crippen molar-refractivity contribution >= 4 is 28.6 Å². The number of hydrogen-bond acceptors (Lipinski definition) is 7. The number of methoxy groups -OCH3 is 1. The van der Waals surface area contributed by atoms with Gasteiger partial charge in [-0.15, -0.1) is 16.9 Å². The van der Waals surface area contributed by atoms with E-state index in [1.807, 2.05) is 54.2 Å². The zero-order valence-electron chi connectivity index (χ0n) is 14.1. The van der Waals surface area contributed by atoms with Crippen molar-refractivity contribution in [3.63, 3.8) is 0 Å². The summed E-state index contributed by atoms with van der Waals surface area (Å²) in [7, 11) is 1.67. The van der Waals surface area contributed by atoms with Gasteiger partial charge in [0.15, 0.2) is 0 Å². The third kappa shape index (κ3) is 3.76. The fraction of sp³-hybridized carbons (Fsp3) is 0.222. The molecule has 1 atom stereocenters. The van der Waals surface area contributed by atoms with Crippen molar-refractivity contribution in [3.8, 4) is 11.4 Å². The van der Waals surface area contributed by atoms with E-state index >= 15 is 0 Å².